The monoisotopic (exact) mass is 339 g/mol. The molecule has 2 rings (SSSR count). The first-order chi connectivity index (χ1) is 11.1. The van der Waals surface area contributed by atoms with Crippen LogP contribution in [0.4, 0.5) is 5.69 Å². The summed E-state index contributed by atoms with van der Waals surface area (Å²) in [5, 5.41) is 17.2. The Hall–Kier alpha value is -1.66. The lowest BCUT2D eigenvalue weighted by Crippen LogP contribution is -2.37. The SMILES string of the molecule is O=C(NCCNC1CCCCCC1)c1cccc(Cl)c1[N+](=O)[O-]. The lowest BCUT2D eigenvalue weighted by Gasteiger charge is -2.16. The Labute approximate surface area is 140 Å². The Morgan fingerprint density at radius 1 is 1.22 bits per heavy atom. The fraction of sp³-hybridized carbons (Fsp3) is 0.562. The highest BCUT2D eigenvalue weighted by molar-refractivity contribution is 6.33. The maximum Gasteiger partial charge on any atom is 0.300 e. The average molecular weight is 340 g/mol. The number of nitrogens with zero attached hydrogens (tertiary/aromatic N) is 1. The molecule has 2 N–H and O–H groups in total. The van der Waals surface area contributed by atoms with Crippen LogP contribution in [-0.4, -0.2) is 30.0 Å². The van der Waals surface area contributed by atoms with Crippen LogP contribution in [0.3, 0.4) is 0 Å². The van der Waals surface area contributed by atoms with Crippen molar-refractivity contribution >= 4 is 23.2 Å². The summed E-state index contributed by atoms with van der Waals surface area (Å²) >= 11 is 5.81. The van der Waals surface area contributed by atoms with Gasteiger partial charge in [-0.15, -0.1) is 0 Å². The predicted molar refractivity (Wildman–Crippen MR) is 89.9 cm³/mol. The van der Waals surface area contributed by atoms with Crippen LogP contribution in [0.1, 0.15) is 48.9 Å². The third-order valence-corrected chi connectivity index (χ3v) is 4.42. The molecule has 23 heavy (non-hydrogen) atoms. The standard InChI is InChI=1S/C16H22ClN3O3/c17-14-9-5-8-13(15(14)20(22)23)16(21)19-11-10-18-12-6-3-1-2-4-7-12/h5,8-9,12,18H,1-4,6-7,10-11H2,(H,19,21). The number of nitrogens with one attached hydrogen (secondary N) is 2. The molecule has 1 aromatic rings. The molecular formula is C16H22ClN3O3. The summed E-state index contributed by atoms with van der Waals surface area (Å²) in [6.45, 7) is 1.09. The third-order valence-electron chi connectivity index (χ3n) is 4.11. The number of hydrogen-bond donors (Lipinski definition) is 2. The number of amides is 1. The van der Waals surface area contributed by atoms with Crippen molar-refractivity contribution < 1.29 is 9.72 Å². The van der Waals surface area contributed by atoms with Crippen molar-refractivity contribution in [1.82, 2.24) is 10.6 Å². The van der Waals surface area contributed by atoms with E-state index in [2.05, 4.69) is 10.6 Å². The van der Waals surface area contributed by atoms with Crippen molar-refractivity contribution in [1.29, 1.82) is 0 Å². The van der Waals surface area contributed by atoms with Crippen molar-refractivity contribution in [2.45, 2.75) is 44.6 Å². The van der Waals surface area contributed by atoms with E-state index in [0.29, 0.717) is 19.1 Å². The highest BCUT2D eigenvalue weighted by Gasteiger charge is 2.23. The summed E-state index contributed by atoms with van der Waals surface area (Å²) in [5.41, 5.74) is -0.347. The molecule has 0 unspecified atom stereocenters. The largest absolute Gasteiger partial charge is 0.351 e. The van der Waals surface area contributed by atoms with E-state index in [4.69, 9.17) is 11.6 Å². The smallest absolute Gasteiger partial charge is 0.300 e. The first kappa shape index (κ1) is 17.7. The number of nitro benzene ring substituents is 1. The fourth-order valence-electron chi connectivity index (χ4n) is 2.92. The summed E-state index contributed by atoms with van der Waals surface area (Å²) in [5.74, 6) is -0.470. The lowest BCUT2D eigenvalue weighted by atomic mass is 10.1. The van der Waals surface area contributed by atoms with E-state index >= 15 is 0 Å². The Bertz CT molecular complexity index is 558. The van der Waals surface area contributed by atoms with Crippen molar-refractivity contribution in [3.8, 4) is 0 Å². The van der Waals surface area contributed by atoms with Crippen LogP contribution in [0, 0.1) is 10.1 Å². The number of nitro groups is 1. The maximum atomic E-state index is 12.1. The molecule has 0 aliphatic heterocycles. The van der Waals surface area contributed by atoms with Crippen LogP contribution < -0.4 is 10.6 Å². The van der Waals surface area contributed by atoms with Gasteiger partial charge in [-0.05, 0) is 25.0 Å². The van der Waals surface area contributed by atoms with Gasteiger partial charge < -0.3 is 10.6 Å². The van der Waals surface area contributed by atoms with E-state index in [1.54, 1.807) is 0 Å². The zero-order valence-electron chi connectivity index (χ0n) is 13.0. The minimum atomic E-state index is -0.624. The Kier molecular flexibility index (Phi) is 6.80. The zero-order valence-corrected chi connectivity index (χ0v) is 13.8. The van der Waals surface area contributed by atoms with Crippen LogP contribution in [-0.2, 0) is 0 Å². The molecule has 0 saturated heterocycles. The summed E-state index contributed by atoms with van der Waals surface area (Å²) in [6.07, 6.45) is 7.44. The number of hydrogen-bond acceptors (Lipinski definition) is 4. The molecule has 0 aromatic heterocycles. The number of para-hydroxylation sites is 1. The van der Waals surface area contributed by atoms with Crippen molar-refractivity contribution in [3.05, 3.63) is 38.9 Å². The van der Waals surface area contributed by atoms with Gasteiger partial charge >= 0.3 is 5.69 Å². The number of rotatable bonds is 6. The second-order valence-corrected chi connectivity index (χ2v) is 6.20. The molecule has 0 spiro atoms. The highest BCUT2D eigenvalue weighted by atomic mass is 35.5. The minimum absolute atomic E-state index is 0.00281. The molecular weight excluding hydrogens is 318 g/mol. The summed E-state index contributed by atoms with van der Waals surface area (Å²) in [4.78, 5) is 22.5. The van der Waals surface area contributed by atoms with E-state index in [9.17, 15) is 14.9 Å². The quantitative estimate of drug-likeness (QED) is 0.360. The molecule has 0 bridgehead atoms. The number of benzene rings is 1. The average Bonchev–Trinajstić information content (AvgIpc) is 2.79. The van der Waals surface area contributed by atoms with Gasteiger partial charge in [-0.2, -0.15) is 0 Å². The minimum Gasteiger partial charge on any atom is -0.351 e. The van der Waals surface area contributed by atoms with Crippen LogP contribution in [0.2, 0.25) is 5.02 Å². The van der Waals surface area contributed by atoms with Crippen molar-refractivity contribution in [2.24, 2.45) is 0 Å². The van der Waals surface area contributed by atoms with E-state index in [1.165, 1.54) is 56.7 Å². The predicted octanol–water partition coefficient (Wildman–Crippen LogP) is 3.29. The molecule has 1 amide bonds. The number of carbonyl (C=O) groups is 1. The number of carbonyl (C=O) groups excluding carboxylic acids is 1. The summed E-state index contributed by atoms with van der Waals surface area (Å²) < 4.78 is 0. The van der Waals surface area contributed by atoms with E-state index in [1.807, 2.05) is 0 Å². The molecule has 0 atom stereocenters. The molecule has 1 aliphatic carbocycles. The van der Waals surface area contributed by atoms with Crippen LogP contribution in [0.15, 0.2) is 18.2 Å². The van der Waals surface area contributed by atoms with Gasteiger partial charge in [0.1, 0.15) is 10.6 Å². The van der Waals surface area contributed by atoms with Crippen LogP contribution >= 0.6 is 11.6 Å². The normalized spacial score (nSPS) is 15.9. The summed E-state index contributed by atoms with van der Waals surface area (Å²) in [6, 6.07) is 4.87. The first-order valence-corrected chi connectivity index (χ1v) is 8.42. The van der Waals surface area contributed by atoms with Crippen molar-refractivity contribution in [3.63, 3.8) is 0 Å². The van der Waals surface area contributed by atoms with Crippen LogP contribution in [0.5, 0.6) is 0 Å². The van der Waals surface area contributed by atoms with Gasteiger partial charge in [0.25, 0.3) is 5.91 Å². The molecule has 0 heterocycles. The van der Waals surface area contributed by atoms with Gasteiger partial charge in [-0.25, -0.2) is 0 Å². The van der Waals surface area contributed by atoms with Gasteiger partial charge in [0.15, 0.2) is 0 Å². The second kappa shape index (κ2) is 8.84. The molecule has 6 nitrogen and oxygen atoms in total. The Morgan fingerprint density at radius 3 is 2.57 bits per heavy atom. The first-order valence-electron chi connectivity index (χ1n) is 8.04. The van der Waals surface area contributed by atoms with Gasteiger partial charge in [-0.1, -0.05) is 43.4 Å². The fourth-order valence-corrected chi connectivity index (χ4v) is 3.16. The van der Waals surface area contributed by atoms with E-state index in [-0.39, 0.29) is 16.3 Å². The zero-order chi connectivity index (χ0) is 16.7. The molecule has 1 aliphatic rings. The van der Waals surface area contributed by atoms with E-state index < -0.39 is 10.8 Å². The molecule has 1 aromatic carbocycles. The maximum absolute atomic E-state index is 12.1. The molecule has 1 saturated carbocycles. The third kappa shape index (κ3) is 5.18. The van der Waals surface area contributed by atoms with Gasteiger partial charge in [-0.3, -0.25) is 14.9 Å². The topological polar surface area (TPSA) is 84.3 Å². The Morgan fingerprint density at radius 2 is 1.91 bits per heavy atom. The molecule has 126 valence electrons. The van der Waals surface area contributed by atoms with Crippen LogP contribution in [0.25, 0.3) is 0 Å². The van der Waals surface area contributed by atoms with Gasteiger partial charge in [0.05, 0.1) is 4.92 Å². The van der Waals surface area contributed by atoms with Gasteiger partial charge in [0, 0.05) is 19.1 Å². The van der Waals surface area contributed by atoms with Crippen molar-refractivity contribution in [2.75, 3.05) is 13.1 Å². The molecule has 1 fully saturated rings. The number of halogens is 1. The highest BCUT2D eigenvalue weighted by Crippen LogP contribution is 2.27. The second-order valence-electron chi connectivity index (χ2n) is 5.79. The lowest BCUT2D eigenvalue weighted by molar-refractivity contribution is -0.385. The summed E-state index contributed by atoms with van der Waals surface area (Å²) in [7, 11) is 0. The van der Waals surface area contributed by atoms with Gasteiger partial charge in [0.2, 0.25) is 0 Å². The molecule has 7 heteroatoms. The molecule has 0 radical (unpaired) electrons. The van der Waals surface area contributed by atoms with E-state index in [0.717, 1.165) is 0 Å². The Balaban J connectivity index is 1.83.